The van der Waals surface area contributed by atoms with Crippen LogP contribution in [0.25, 0.3) is 33.1 Å². The number of rotatable bonds is 5. The zero-order valence-electron chi connectivity index (χ0n) is 20.3. The zero-order valence-corrected chi connectivity index (χ0v) is 21.0. The highest BCUT2D eigenvalue weighted by Gasteiger charge is 2.25. The van der Waals surface area contributed by atoms with Crippen molar-refractivity contribution < 1.29 is 5.11 Å². The molecule has 0 aliphatic carbocycles. The number of nitrogens with one attached hydrogen (secondary N) is 1. The fourth-order valence-electron chi connectivity index (χ4n) is 5.29. The number of aromatic nitrogens is 6. The first-order valence-corrected chi connectivity index (χ1v) is 12.3. The van der Waals surface area contributed by atoms with Crippen LogP contribution in [0.15, 0.2) is 41.5 Å². The molecule has 0 radical (unpaired) electrons. The van der Waals surface area contributed by atoms with Crippen molar-refractivity contribution in [3.05, 3.63) is 69.0 Å². The molecule has 1 aromatic carbocycles. The van der Waals surface area contributed by atoms with Crippen molar-refractivity contribution in [2.24, 2.45) is 7.05 Å². The van der Waals surface area contributed by atoms with Crippen LogP contribution >= 0.6 is 11.6 Å². The van der Waals surface area contributed by atoms with Gasteiger partial charge in [0.15, 0.2) is 0 Å². The maximum absolute atomic E-state index is 13.6. The molecular formula is C26H26ClN7O2. The number of fused-ring (bicyclic) bond motifs is 2. The third kappa shape index (κ3) is 3.42. The molecule has 0 spiro atoms. The summed E-state index contributed by atoms with van der Waals surface area (Å²) >= 11 is 6.27. The third-order valence-corrected chi connectivity index (χ3v) is 7.33. The highest BCUT2D eigenvalue weighted by molar-refractivity contribution is 6.29. The van der Waals surface area contributed by atoms with E-state index in [-0.39, 0.29) is 12.2 Å². The van der Waals surface area contributed by atoms with E-state index in [1.165, 1.54) is 0 Å². The van der Waals surface area contributed by atoms with Crippen LogP contribution in [0.3, 0.4) is 0 Å². The number of anilines is 1. The monoisotopic (exact) mass is 503 g/mol. The number of benzene rings is 1. The molecule has 9 nitrogen and oxygen atoms in total. The summed E-state index contributed by atoms with van der Waals surface area (Å²) in [6.45, 7) is 5.20. The second-order valence-electron chi connectivity index (χ2n) is 9.37. The van der Waals surface area contributed by atoms with E-state index >= 15 is 0 Å². The smallest absolute Gasteiger partial charge is 0.260 e. The Bertz CT molecular complexity index is 1720. The van der Waals surface area contributed by atoms with Crippen molar-refractivity contribution in [1.29, 1.82) is 0 Å². The van der Waals surface area contributed by atoms with Gasteiger partial charge >= 0.3 is 0 Å². The van der Waals surface area contributed by atoms with Gasteiger partial charge in [0, 0.05) is 47.6 Å². The second-order valence-corrected chi connectivity index (χ2v) is 9.76. The van der Waals surface area contributed by atoms with Crippen molar-refractivity contribution >= 4 is 39.1 Å². The fraction of sp³-hybridized carbons (Fsp3) is 0.308. The molecule has 1 atom stereocenters. The Kier molecular flexibility index (Phi) is 5.35. The first-order chi connectivity index (χ1) is 17.4. The summed E-state index contributed by atoms with van der Waals surface area (Å²) in [5, 5.41) is 25.7. The minimum absolute atomic E-state index is 0.0274. The molecule has 1 aliphatic heterocycles. The van der Waals surface area contributed by atoms with Crippen LogP contribution in [0.5, 0.6) is 0 Å². The molecule has 184 valence electrons. The molecule has 36 heavy (non-hydrogen) atoms. The fourth-order valence-corrected chi connectivity index (χ4v) is 5.44. The van der Waals surface area contributed by atoms with Crippen LogP contribution in [-0.2, 0) is 20.1 Å². The summed E-state index contributed by atoms with van der Waals surface area (Å²) in [7, 11) is 1.87. The molecule has 0 amide bonds. The molecule has 1 unspecified atom stereocenters. The standard InChI is InChI=1S/C26H26ClN7O2/c1-14-9-16(23-17(10-14)26(36)33-7-4-8-34-25(33)19(23)12-29-34)21(13-35)30-20-5-6-22(27)31-24(20)18-11-28-32(3)15(18)2/h5-6,9-12,21,30,35H,4,7-8,13H2,1-3H3. The van der Waals surface area contributed by atoms with Crippen LogP contribution in [-0.4, -0.2) is 40.8 Å². The average Bonchev–Trinajstić information content (AvgIpc) is 3.45. The predicted octanol–water partition coefficient (Wildman–Crippen LogP) is 3.97. The van der Waals surface area contributed by atoms with Crippen LogP contribution in [0.1, 0.15) is 29.3 Å². The van der Waals surface area contributed by atoms with Gasteiger partial charge in [-0.1, -0.05) is 17.7 Å². The molecule has 5 aromatic rings. The Labute approximate surface area is 211 Å². The summed E-state index contributed by atoms with van der Waals surface area (Å²) in [5.41, 5.74) is 5.75. The van der Waals surface area contributed by atoms with E-state index in [2.05, 4.69) is 20.5 Å². The minimum Gasteiger partial charge on any atom is -0.394 e. The first-order valence-electron chi connectivity index (χ1n) is 11.9. The lowest BCUT2D eigenvalue weighted by molar-refractivity contribution is 0.277. The minimum atomic E-state index is -0.504. The van der Waals surface area contributed by atoms with E-state index in [9.17, 15) is 9.90 Å². The molecule has 5 heterocycles. The number of hydrogen-bond acceptors (Lipinski definition) is 6. The summed E-state index contributed by atoms with van der Waals surface area (Å²) in [6, 6.07) is 7.03. The number of hydrogen-bond donors (Lipinski definition) is 2. The van der Waals surface area contributed by atoms with E-state index in [1.54, 1.807) is 16.9 Å². The van der Waals surface area contributed by atoms with Gasteiger partial charge in [0.05, 0.1) is 36.4 Å². The maximum Gasteiger partial charge on any atom is 0.260 e. The quantitative estimate of drug-likeness (QED) is 0.352. The topological polar surface area (TPSA) is 103 Å². The Morgan fingerprint density at radius 2 is 1.97 bits per heavy atom. The molecule has 0 saturated carbocycles. The summed E-state index contributed by atoms with van der Waals surface area (Å²) in [6.07, 6.45) is 4.46. The molecule has 0 fully saturated rings. The number of aliphatic hydroxyl groups excluding tert-OH is 1. The van der Waals surface area contributed by atoms with Crippen molar-refractivity contribution in [3.63, 3.8) is 0 Å². The van der Waals surface area contributed by atoms with Gasteiger partial charge in [-0.25, -0.2) is 9.67 Å². The number of pyridine rings is 2. The summed E-state index contributed by atoms with van der Waals surface area (Å²) < 4.78 is 5.50. The predicted molar refractivity (Wildman–Crippen MR) is 140 cm³/mol. The second kappa shape index (κ2) is 8.46. The van der Waals surface area contributed by atoms with Gasteiger partial charge in [0.2, 0.25) is 0 Å². The van der Waals surface area contributed by atoms with Gasteiger partial charge in [0.1, 0.15) is 10.8 Å². The normalized spacial score (nSPS) is 14.0. The number of aryl methyl sites for hydroxylation is 4. The molecule has 4 aromatic heterocycles. The van der Waals surface area contributed by atoms with E-state index in [0.29, 0.717) is 28.5 Å². The number of halogens is 1. The van der Waals surface area contributed by atoms with Crippen molar-refractivity contribution in [2.75, 3.05) is 11.9 Å². The van der Waals surface area contributed by atoms with Crippen LogP contribution in [0, 0.1) is 13.8 Å². The molecule has 1 aliphatic rings. The molecule has 0 bridgehead atoms. The van der Waals surface area contributed by atoms with Crippen LogP contribution in [0.4, 0.5) is 5.69 Å². The zero-order chi connectivity index (χ0) is 25.1. The van der Waals surface area contributed by atoms with E-state index < -0.39 is 6.04 Å². The highest BCUT2D eigenvalue weighted by atomic mass is 35.5. The van der Waals surface area contributed by atoms with Crippen molar-refractivity contribution in [1.82, 2.24) is 29.1 Å². The van der Waals surface area contributed by atoms with Gasteiger partial charge in [-0.15, -0.1) is 0 Å². The van der Waals surface area contributed by atoms with Crippen molar-refractivity contribution in [3.8, 4) is 11.3 Å². The van der Waals surface area contributed by atoms with Gasteiger partial charge in [-0.2, -0.15) is 10.2 Å². The summed E-state index contributed by atoms with van der Waals surface area (Å²) in [5.74, 6) is 0. The Morgan fingerprint density at radius 3 is 2.72 bits per heavy atom. The lowest BCUT2D eigenvalue weighted by Gasteiger charge is -2.24. The van der Waals surface area contributed by atoms with E-state index in [0.717, 1.165) is 51.8 Å². The van der Waals surface area contributed by atoms with Crippen LogP contribution < -0.4 is 10.9 Å². The lowest BCUT2D eigenvalue weighted by atomic mass is 9.95. The van der Waals surface area contributed by atoms with E-state index in [1.807, 2.05) is 54.5 Å². The molecule has 0 saturated heterocycles. The maximum atomic E-state index is 13.6. The molecular weight excluding hydrogens is 478 g/mol. The summed E-state index contributed by atoms with van der Waals surface area (Å²) in [4.78, 5) is 18.1. The van der Waals surface area contributed by atoms with Gasteiger partial charge in [-0.05, 0) is 49.6 Å². The van der Waals surface area contributed by atoms with Crippen molar-refractivity contribution in [2.45, 2.75) is 39.4 Å². The third-order valence-electron chi connectivity index (χ3n) is 7.12. The van der Waals surface area contributed by atoms with Gasteiger partial charge in [-0.3, -0.25) is 14.0 Å². The molecule has 2 N–H and O–H groups in total. The Balaban J connectivity index is 1.56. The Hall–Kier alpha value is -3.69. The molecule has 6 rings (SSSR count). The lowest BCUT2D eigenvalue weighted by Crippen LogP contribution is -2.27. The Morgan fingerprint density at radius 1 is 1.14 bits per heavy atom. The highest BCUT2D eigenvalue weighted by Crippen LogP contribution is 2.36. The number of nitrogens with zero attached hydrogens (tertiary/aromatic N) is 6. The SMILES string of the molecule is Cc1cc(C(CO)Nc2ccc(Cl)nc2-c2cnn(C)c2C)c2c(c1)c(=O)n1c3c2cnn3CCC1. The van der Waals surface area contributed by atoms with E-state index in [4.69, 9.17) is 11.6 Å². The van der Waals surface area contributed by atoms with Crippen LogP contribution in [0.2, 0.25) is 5.15 Å². The van der Waals surface area contributed by atoms with Gasteiger partial charge in [0.25, 0.3) is 5.56 Å². The average molecular weight is 504 g/mol. The molecule has 10 heteroatoms. The largest absolute Gasteiger partial charge is 0.394 e. The van der Waals surface area contributed by atoms with Gasteiger partial charge < -0.3 is 10.4 Å². The number of aliphatic hydroxyl groups is 1. The first kappa shape index (κ1) is 22.8.